The maximum Gasteiger partial charge on any atom is 0.216 e. The van der Waals surface area contributed by atoms with Crippen LogP contribution in [0, 0.1) is 0 Å². The van der Waals surface area contributed by atoms with Crippen LogP contribution in [-0.4, -0.2) is 35.1 Å². The highest BCUT2D eigenvalue weighted by molar-refractivity contribution is 5.76. The minimum Gasteiger partial charge on any atom is -0.507 e. The van der Waals surface area contributed by atoms with Gasteiger partial charge in [0.15, 0.2) is 0 Å². The Morgan fingerprint density at radius 1 is 0.769 bits per heavy atom. The number of rotatable bonds is 7. The van der Waals surface area contributed by atoms with E-state index in [1.165, 1.54) is 13.8 Å². The van der Waals surface area contributed by atoms with Gasteiger partial charge in [-0.1, -0.05) is 12.1 Å². The highest BCUT2D eigenvalue weighted by Gasteiger charge is 2.11. The molecule has 0 spiro atoms. The van der Waals surface area contributed by atoms with Crippen LogP contribution in [0.4, 0.5) is 0 Å². The molecule has 2 rings (SSSR count). The Morgan fingerprint density at radius 2 is 1.15 bits per heavy atom. The molecule has 0 aromatic heterocycles. The predicted molar refractivity (Wildman–Crippen MR) is 100.0 cm³/mol. The summed E-state index contributed by atoms with van der Waals surface area (Å²) in [7, 11) is 0. The van der Waals surface area contributed by atoms with E-state index in [0.29, 0.717) is 37.1 Å². The maximum absolute atomic E-state index is 11.0. The molecule has 6 nitrogen and oxygen atoms in total. The molecule has 0 radical (unpaired) electrons. The number of benzene rings is 2. The van der Waals surface area contributed by atoms with Gasteiger partial charge in [0.05, 0.1) is 0 Å². The van der Waals surface area contributed by atoms with Gasteiger partial charge >= 0.3 is 0 Å². The normalized spacial score (nSPS) is 10.4. The fraction of sp³-hybridized carbons (Fsp3) is 0.300. The van der Waals surface area contributed by atoms with Crippen molar-refractivity contribution in [1.82, 2.24) is 10.6 Å². The van der Waals surface area contributed by atoms with Gasteiger partial charge in [-0.05, 0) is 48.2 Å². The molecule has 0 saturated heterocycles. The van der Waals surface area contributed by atoms with E-state index in [0.717, 1.165) is 11.1 Å². The molecule has 0 heterocycles. The number of carbonyl (C=O) groups excluding carboxylic acids is 2. The van der Waals surface area contributed by atoms with Gasteiger partial charge in [-0.2, -0.15) is 0 Å². The molecule has 2 aromatic rings. The van der Waals surface area contributed by atoms with Crippen molar-refractivity contribution in [2.24, 2.45) is 0 Å². The van der Waals surface area contributed by atoms with Crippen LogP contribution in [0.15, 0.2) is 36.4 Å². The average molecular weight is 356 g/mol. The van der Waals surface area contributed by atoms with E-state index in [1.807, 2.05) is 12.1 Å². The minimum atomic E-state index is -0.0893. The number of nitrogens with one attached hydrogen (secondary N) is 2. The Kier molecular flexibility index (Phi) is 6.60. The highest BCUT2D eigenvalue weighted by Crippen LogP contribution is 2.36. The van der Waals surface area contributed by atoms with E-state index >= 15 is 0 Å². The van der Waals surface area contributed by atoms with Crippen LogP contribution < -0.4 is 10.6 Å². The van der Waals surface area contributed by atoms with Crippen molar-refractivity contribution in [3.63, 3.8) is 0 Å². The van der Waals surface area contributed by atoms with Crippen molar-refractivity contribution in [3.8, 4) is 22.6 Å². The second-order valence-electron chi connectivity index (χ2n) is 6.17. The molecule has 2 aromatic carbocycles. The Hall–Kier alpha value is -3.02. The van der Waals surface area contributed by atoms with Gasteiger partial charge in [-0.15, -0.1) is 0 Å². The molecule has 0 aliphatic rings. The molecular formula is C20H24N2O4. The molecule has 0 fully saturated rings. The molecule has 26 heavy (non-hydrogen) atoms. The third-order valence-electron chi connectivity index (χ3n) is 3.99. The molecule has 0 bridgehead atoms. The van der Waals surface area contributed by atoms with E-state index in [1.54, 1.807) is 24.3 Å². The van der Waals surface area contributed by atoms with Crippen LogP contribution in [0.5, 0.6) is 11.5 Å². The van der Waals surface area contributed by atoms with Crippen molar-refractivity contribution < 1.29 is 19.8 Å². The van der Waals surface area contributed by atoms with Crippen LogP contribution in [-0.2, 0) is 22.4 Å². The largest absolute Gasteiger partial charge is 0.507 e. The maximum atomic E-state index is 11.0. The zero-order valence-electron chi connectivity index (χ0n) is 15.0. The lowest BCUT2D eigenvalue weighted by atomic mass is 9.97. The summed E-state index contributed by atoms with van der Waals surface area (Å²) in [5.74, 6) is -0.0350. The van der Waals surface area contributed by atoms with E-state index < -0.39 is 0 Å². The summed E-state index contributed by atoms with van der Waals surface area (Å²) in [4.78, 5) is 22.0. The molecule has 6 heteroatoms. The smallest absolute Gasteiger partial charge is 0.216 e. The molecule has 138 valence electrons. The third kappa shape index (κ3) is 5.51. The Balaban J connectivity index is 2.22. The molecule has 0 unspecified atom stereocenters. The minimum absolute atomic E-state index is 0.0718. The quantitative estimate of drug-likeness (QED) is 0.611. The third-order valence-corrected chi connectivity index (χ3v) is 3.99. The van der Waals surface area contributed by atoms with Gasteiger partial charge in [-0.25, -0.2) is 0 Å². The van der Waals surface area contributed by atoms with Gasteiger partial charge < -0.3 is 20.8 Å². The average Bonchev–Trinajstić information content (AvgIpc) is 2.57. The highest BCUT2D eigenvalue weighted by atomic mass is 16.3. The second-order valence-corrected chi connectivity index (χ2v) is 6.17. The van der Waals surface area contributed by atoms with E-state index in [9.17, 15) is 19.8 Å². The predicted octanol–water partition coefficient (Wildman–Crippen LogP) is 2.12. The van der Waals surface area contributed by atoms with Crippen molar-refractivity contribution in [2.75, 3.05) is 13.1 Å². The molecule has 2 amide bonds. The number of phenolic OH excluding ortho intramolecular Hbond substituents is 2. The number of carbonyl (C=O) groups is 2. The molecule has 0 aliphatic carbocycles. The fourth-order valence-corrected chi connectivity index (χ4v) is 2.67. The zero-order valence-corrected chi connectivity index (χ0v) is 15.0. The first-order chi connectivity index (χ1) is 12.4. The lowest BCUT2D eigenvalue weighted by molar-refractivity contribution is -0.119. The summed E-state index contributed by atoms with van der Waals surface area (Å²) in [5.41, 5.74) is 2.94. The van der Waals surface area contributed by atoms with Gasteiger partial charge in [0.2, 0.25) is 11.8 Å². The van der Waals surface area contributed by atoms with Gasteiger partial charge in [0.1, 0.15) is 11.5 Å². The molecular weight excluding hydrogens is 332 g/mol. The first-order valence-electron chi connectivity index (χ1n) is 8.50. The summed E-state index contributed by atoms with van der Waals surface area (Å²) in [6.45, 7) is 3.93. The molecule has 0 aliphatic heterocycles. The summed E-state index contributed by atoms with van der Waals surface area (Å²) in [6.07, 6.45) is 1.24. The van der Waals surface area contributed by atoms with E-state index in [4.69, 9.17) is 0 Å². The summed E-state index contributed by atoms with van der Waals surface area (Å²) < 4.78 is 0. The lowest BCUT2D eigenvalue weighted by Gasteiger charge is -2.12. The fourth-order valence-electron chi connectivity index (χ4n) is 2.67. The second kappa shape index (κ2) is 8.89. The van der Waals surface area contributed by atoms with Gasteiger partial charge in [0, 0.05) is 38.1 Å². The Morgan fingerprint density at radius 3 is 1.50 bits per heavy atom. The molecule has 4 N–H and O–H groups in total. The Labute approximate surface area is 152 Å². The monoisotopic (exact) mass is 356 g/mol. The summed E-state index contributed by atoms with van der Waals surface area (Å²) in [6, 6.07) is 10.4. The number of hydrogen-bond acceptors (Lipinski definition) is 4. The number of aromatic hydroxyl groups is 2. The zero-order chi connectivity index (χ0) is 19.1. The van der Waals surface area contributed by atoms with Gasteiger partial charge in [-0.3, -0.25) is 9.59 Å². The number of amides is 2. The number of hydrogen-bond donors (Lipinski definition) is 4. The Bertz CT molecular complexity index is 735. The van der Waals surface area contributed by atoms with Crippen LogP contribution in [0.2, 0.25) is 0 Å². The molecule has 0 saturated carbocycles. The first kappa shape index (κ1) is 19.3. The van der Waals surface area contributed by atoms with Crippen molar-refractivity contribution in [3.05, 3.63) is 47.5 Å². The van der Waals surface area contributed by atoms with Crippen LogP contribution in [0.3, 0.4) is 0 Å². The summed E-state index contributed by atoms with van der Waals surface area (Å²) >= 11 is 0. The van der Waals surface area contributed by atoms with Crippen LogP contribution >= 0.6 is 0 Å². The first-order valence-corrected chi connectivity index (χ1v) is 8.50. The molecule has 0 atom stereocenters. The van der Waals surface area contributed by atoms with Crippen molar-refractivity contribution in [2.45, 2.75) is 26.7 Å². The van der Waals surface area contributed by atoms with E-state index in [2.05, 4.69) is 10.6 Å². The topological polar surface area (TPSA) is 98.7 Å². The SMILES string of the molecule is CC(=O)NCCc1ccc(O)c(-c2cc(CCNC(C)=O)ccc2O)c1. The van der Waals surface area contributed by atoms with E-state index in [-0.39, 0.29) is 23.3 Å². The standard InChI is InChI=1S/C20H24N2O4/c1-13(23)21-9-7-15-3-5-19(25)17(11-15)18-12-16(4-6-20(18)26)8-10-22-14(2)24/h3-6,11-12,25-26H,7-10H2,1-2H3,(H,21,23)(H,22,24). The van der Waals surface area contributed by atoms with Crippen LogP contribution in [0.1, 0.15) is 25.0 Å². The number of phenols is 2. The van der Waals surface area contributed by atoms with Crippen molar-refractivity contribution in [1.29, 1.82) is 0 Å². The van der Waals surface area contributed by atoms with Crippen molar-refractivity contribution >= 4 is 11.8 Å². The van der Waals surface area contributed by atoms with Gasteiger partial charge in [0.25, 0.3) is 0 Å². The lowest BCUT2D eigenvalue weighted by Crippen LogP contribution is -2.22. The summed E-state index contributed by atoms with van der Waals surface area (Å²) in [5, 5.41) is 25.9. The van der Waals surface area contributed by atoms with Crippen LogP contribution in [0.25, 0.3) is 11.1 Å².